The molecule has 0 saturated heterocycles. The van der Waals surface area contributed by atoms with E-state index in [0.717, 1.165) is 6.07 Å². The van der Waals surface area contributed by atoms with Crippen molar-refractivity contribution in [2.75, 3.05) is 22.8 Å². The molecule has 1 aliphatic rings. The van der Waals surface area contributed by atoms with Crippen molar-refractivity contribution in [3.8, 4) is 5.75 Å². The third kappa shape index (κ3) is 3.45. The molecule has 0 unspecified atom stereocenters. The first-order chi connectivity index (χ1) is 12.3. The van der Waals surface area contributed by atoms with Crippen LogP contribution in [0.15, 0.2) is 47.4 Å². The molecular weight excluding hydrogens is 362 g/mol. The normalized spacial score (nSPS) is 13.5. The molecule has 0 aromatic heterocycles. The third-order valence-electron chi connectivity index (χ3n) is 3.79. The molecule has 136 valence electrons. The van der Waals surface area contributed by atoms with Gasteiger partial charge in [-0.05, 0) is 18.2 Å². The van der Waals surface area contributed by atoms with Gasteiger partial charge >= 0.3 is 0 Å². The van der Waals surface area contributed by atoms with Crippen LogP contribution in [0.5, 0.6) is 5.75 Å². The number of nitrogens with one attached hydrogen (secondary N) is 1. The Morgan fingerprint density at radius 1 is 1.27 bits per heavy atom. The maximum atomic E-state index is 12.5. The summed E-state index contributed by atoms with van der Waals surface area (Å²) in [6, 6.07) is 9.31. The molecule has 0 fully saturated rings. The van der Waals surface area contributed by atoms with Gasteiger partial charge in [0.15, 0.2) is 0 Å². The minimum atomic E-state index is -4.02. The number of ether oxygens (including phenoxy) is 1. The number of anilines is 2. The van der Waals surface area contributed by atoms with Gasteiger partial charge in [0, 0.05) is 25.1 Å². The SMILES string of the molecule is CC(=O)N1CCOc2cc(NS(=O)(=O)c3cccc([N+](=O)[O-])c3)ccc21. The number of fused-ring (bicyclic) bond motifs is 1. The van der Waals surface area contributed by atoms with Gasteiger partial charge < -0.3 is 9.64 Å². The summed E-state index contributed by atoms with van der Waals surface area (Å²) in [5.74, 6) is 0.241. The Hall–Kier alpha value is -3.14. The molecule has 0 spiro atoms. The summed E-state index contributed by atoms with van der Waals surface area (Å²) in [6.07, 6.45) is 0. The second kappa shape index (κ2) is 6.64. The monoisotopic (exact) mass is 377 g/mol. The number of hydrogen-bond donors (Lipinski definition) is 1. The van der Waals surface area contributed by atoms with E-state index in [4.69, 9.17) is 4.74 Å². The van der Waals surface area contributed by atoms with E-state index in [2.05, 4.69) is 4.72 Å². The van der Waals surface area contributed by atoms with Crippen LogP contribution >= 0.6 is 0 Å². The van der Waals surface area contributed by atoms with E-state index in [1.165, 1.54) is 42.2 Å². The molecule has 3 rings (SSSR count). The smallest absolute Gasteiger partial charge is 0.270 e. The van der Waals surface area contributed by atoms with Gasteiger partial charge in [-0.1, -0.05) is 6.07 Å². The third-order valence-corrected chi connectivity index (χ3v) is 5.17. The zero-order valence-electron chi connectivity index (χ0n) is 13.7. The van der Waals surface area contributed by atoms with Gasteiger partial charge in [0.25, 0.3) is 15.7 Å². The first-order valence-electron chi connectivity index (χ1n) is 7.60. The Labute approximate surface area is 149 Å². The van der Waals surface area contributed by atoms with Crippen LogP contribution in [0.25, 0.3) is 0 Å². The van der Waals surface area contributed by atoms with Crippen LogP contribution in [0.2, 0.25) is 0 Å². The predicted molar refractivity (Wildman–Crippen MR) is 93.9 cm³/mol. The number of hydrogen-bond acceptors (Lipinski definition) is 6. The Bertz CT molecular complexity index is 989. The zero-order chi connectivity index (χ0) is 18.9. The van der Waals surface area contributed by atoms with E-state index in [-0.39, 0.29) is 22.2 Å². The second-order valence-corrected chi connectivity index (χ2v) is 7.24. The Morgan fingerprint density at radius 3 is 2.73 bits per heavy atom. The molecule has 0 atom stereocenters. The molecule has 1 amide bonds. The van der Waals surface area contributed by atoms with E-state index in [9.17, 15) is 23.3 Å². The van der Waals surface area contributed by atoms with Crippen LogP contribution in [0.3, 0.4) is 0 Å². The van der Waals surface area contributed by atoms with Gasteiger partial charge in [0.2, 0.25) is 5.91 Å². The largest absolute Gasteiger partial charge is 0.489 e. The molecule has 9 nitrogen and oxygen atoms in total. The van der Waals surface area contributed by atoms with E-state index < -0.39 is 14.9 Å². The van der Waals surface area contributed by atoms with Crippen LogP contribution in [0, 0.1) is 10.1 Å². The van der Waals surface area contributed by atoms with Crippen molar-refractivity contribution in [2.24, 2.45) is 0 Å². The summed E-state index contributed by atoms with van der Waals surface area (Å²) < 4.78 is 32.8. The van der Waals surface area contributed by atoms with Gasteiger partial charge in [-0.2, -0.15) is 0 Å². The predicted octanol–water partition coefficient (Wildman–Crippen LogP) is 2.14. The number of nitro benzene ring substituents is 1. The van der Waals surface area contributed by atoms with Crippen molar-refractivity contribution in [3.63, 3.8) is 0 Å². The van der Waals surface area contributed by atoms with Gasteiger partial charge in [0.05, 0.1) is 27.7 Å². The molecular formula is C16H15N3O6S. The number of rotatable bonds is 4. The molecule has 26 heavy (non-hydrogen) atoms. The molecule has 0 radical (unpaired) electrons. The average Bonchev–Trinajstić information content (AvgIpc) is 2.60. The molecule has 0 bridgehead atoms. The van der Waals surface area contributed by atoms with Gasteiger partial charge in [-0.15, -0.1) is 0 Å². The fourth-order valence-corrected chi connectivity index (χ4v) is 3.68. The molecule has 1 aliphatic heterocycles. The summed E-state index contributed by atoms with van der Waals surface area (Å²) in [5, 5.41) is 10.8. The van der Waals surface area contributed by atoms with Gasteiger partial charge in [-0.25, -0.2) is 8.42 Å². The highest BCUT2D eigenvalue weighted by Gasteiger charge is 2.23. The highest BCUT2D eigenvalue weighted by atomic mass is 32.2. The number of sulfonamides is 1. The number of non-ortho nitro benzene ring substituents is 1. The maximum Gasteiger partial charge on any atom is 0.270 e. The van der Waals surface area contributed by atoms with E-state index in [1.807, 2.05) is 0 Å². The summed E-state index contributed by atoms with van der Waals surface area (Å²) >= 11 is 0. The van der Waals surface area contributed by atoms with Crippen molar-refractivity contribution < 1.29 is 22.9 Å². The Kier molecular flexibility index (Phi) is 4.51. The molecule has 0 saturated carbocycles. The number of carbonyl (C=O) groups excluding carboxylic acids is 1. The number of carbonyl (C=O) groups is 1. The number of amides is 1. The zero-order valence-corrected chi connectivity index (χ0v) is 14.5. The summed E-state index contributed by atoms with van der Waals surface area (Å²) in [7, 11) is -4.02. The van der Waals surface area contributed by atoms with Crippen molar-refractivity contribution in [2.45, 2.75) is 11.8 Å². The number of nitrogens with zero attached hydrogens (tertiary/aromatic N) is 2. The highest BCUT2D eigenvalue weighted by Crippen LogP contribution is 2.34. The molecule has 2 aromatic carbocycles. The van der Waals surface area contributed by atoms with Crippen LogP contribution < -0.4 is 14.4 Å². The number of benzene rings is 2. The lowest BCUT2D eigenvalue weighted by Gasteiger charge is -2.29. The summed E-state index contributed by atoms with van der Waals surface area (Å²) in [5.41, 5.74) is 0.460. The van der Waals surface area contributed by atoms with Crippen LogP contribution in [-0.4, -0.2) is 32.4 Å². The minimum absolute atomic E-state index is 0.139. The first kappa shape index (κ1) is 17.7. The fourth-order valence-electron chi connectivity index (χ4n) is 2.59. The number of nitro groups is 1. The van der Waals surface area contributed by atoms with Crippen LogP contribution in [0.4, 0.5) is 17.1 Å². The van der Waals surface area contributed by atoms with Gasteiger partial charge in [-0.3, -0.25) is 19.6 Å². The van der Waals surface area contributed by atoms with Crippen molar-refractivity contribution in [1.29, 1.82) is 0 Å². The van der Waals surface area contributed by atoms with Crippen LogP contribution in [-0.2, 0) is 14.8 Å². The van der Waals surface area contributed by atoms with Gasteiger partial charge in [0.1, 0.15) is 12.4 Å². The standard InChI is InChI=1S/C16H15N3O6S/c1-11(20)18-7-8-25-16-9-12(5-6-15(16)18)17-26(23,24)14-4-2-3-13(10-14)19(21)22/h2-6,9-10,17H,7-8H2,1H3. The highest BCUT2D eigenvalue weighted by molar-refractivity contribution is 7.92. The Balaban J connectivity index is 1.90. The van der Waals surface area contributed by atoms with E-state index in [0.29, 0.717) is 24.6 Å². The maximum absolute atomic E-state index is 12.5. The molecule has 1 N–H and O–H groups in total. The summed E-state index contributed by atoms with van der Waals surface area (Å²) in [6.45, 7) is 2.16. The molecule has 1 heterocycles. The first-order valence-corrected chi connectivity index (χ1v) is 9.08. The quantitative estimate of drug-likeness (QED) is 0.644. The van der Waals surface area contributed by atoms with E-state index >= 15 is 0 Å². The lowest BCUT2D eigenvalue weighted by atomic mass is 10.2. The fraction of sp³-hybridized carbons (Fsp3) is 0.188. The van der Waals surface area contributed by atoms with Crippen molar-refractivity contribution in [3.05, 3.63) is 52.6 Å². The van der Waals surface area contributed by atoms with Crippen LogP contribution in [0.1, 0.15) is 6.92 Å². The van der Waals surface area contributed by atoms with Crippen molar-refractivity contribution >= 4 is 33.0 Å². The minimum Gasteiger partial charge on any atom is -0.489 e. The Morgan fingerprint density at radius 2 is 2.04 bits per heavy atom. The lowest BCUT2D eigenvalue weighted by molar-refractivity contribution is -0.385. The second-order valence-electron chi connectivity index (χ2n) is 5.56. The van der Waals surface area contributed by atoms with Crippen molar-refractivity contribution in [1.82, 2.24) is 0 Å². The molecule has 2 aromatic rings. The average molecular weight is 377 g/mol. The van der Waals surface area contributed by atoms with E-state index in [1.54, 1.807) is 6.07 Å². The molecule has 10 heteroatoms. The topological polar surface area (TPSA) is 119 Å². The summed E-state index contributed by atoms with van der Waals surface area (Å²) in [4.78, 5) is 23.1. The lowest BCUT2D eigenvalue weighted by Crippen LogP contribution is -2.36. The molecule has 0 aliphatic carbocycles.